The highest BCUT2D eigenvalue weighted by Gasteiger charge is 2.20. The molecule has 3 heterocycles. The Morgan fingerprint density at radius 1 is 1.03 bits per heavy atom. The smallest absolute Gasteiger partial charge is 0.333 e. The minimum Gasteiger partial charge on any atom is -0.383 e. The van der Waals surface area contributed by atoms with Gasteiger partial charge in [-0.15, -0.1) is 0 Å². The van der Waals surface area contributed by atoms with Crippen LogP contribution < -0.4 is 22.1 Å². The third-order valence-electron chi connectivity index (χ3n) is 5.24. The molecule has 0 aliphatic carbocycles. The molecule has 3 aromatic heterocycles. The van der Waals surface area contributed by atoms with Crippen LogP contribution in [0.5, 0.6) is 0 Å². The number of carbonyl (C=O) groups is 2. The van der Waals surface area contributed by atoms with Gasteiger partial charge in [0.05, 0.1) is 25.0 Å². The summed E-state index contributed by atoms with van der Waals surface area (Å²) < 4.78 is 8.85. The second-order valence-corrected chi connectivity index (χ2v) is 7.59. The average molecular weight is 477 g/mol. The van der Waals surface area contributed by atoms with Crippen LogP contribution in [0.15, 0.2) is 70.8 Å². The van der Waals surface area contributed by atoms with E-state index >= 15 is 0 Å². The van der Waals surface area contributed by atoms with Crippen molar-refractivity contribution in [2.24, 2.45) is 0 Å². The number of hydrogen-bond acceptors (Lipinski definition) is 7. The lowest BCUT2D eigenvalue weighted by atomic mass is 10.2. The van der Waals surface area contributed by atoms with Crippen LogP contribution in [0.25, 0.3) is 11.2 Å². The molecule has 180 valence electrons. The molecule has 0 saturated carbocycles. The molecule has 4 aromatic rings. The summed E-state index contributed by atoms with van der Waals surface area (Å²) in [6, 6.07) is 12.3. The maximum Gasteiger partial charge on any atom is 0.333 e. The highest BCUT2D eigenvalue weighted by molar-refractivity contribution is 5.95. The van der Waals surface area contributed by atoms with Crippen molar-refractivity contribution >= 4 is 23.0 Å². The Morgan fingerprint density at radius 3 is 2.54 bits per heavy atom. The van der Waals surface area contributed by atoms with Crippen LogP contribution in [-0.2, 0) is 29.2 Å². The minimum atomic E-state index is -0.755. The van der Waals surface area contributed by atoms with Crippen molar-refractivity contribution in [3.8, 4) is 0 Å². The molecule has 1 aromatic carbocycles. The molecule has 0 fully saturated rings. The lowest BCUT2D eigenvalue weighted by Crippen LogP contribution is -2.48. The molecule has 0 unspecified atom stereocenters. The van der Waals surface area contributed by atoms with E-state index in [4.69, 9.17) is 4.74 Å². The number of rotatable bonds is 8. The summed E-state index contributed by atoms with van der Waals surface area (Å²) >= 11 is 0. The fraction of sp³-hybridized carbons (Fsp3) is 0.217. The van der Waals surface area contributed by atoms with E-state index in [1.807, 2.05) is 30.3 Å². The summed E-state index contributed by atoms with van der Waals surface area (Å²) in [5.41, 5.74) is 4.54. The first-order valence-electron chi connectivity index (χ1n) is 10.7. The number of pyridine rings is 1. The van der Waals surface area contributed by atoms with Crippen LogP contribution in [0.1, 0.15) is 15.9 Å². The van der Waals surface area contributed by atoms with Gasteiger partial charge in [0.2, 0.25) is 0 Å². The lowest BCUT2D eigenvalue weighted by molar-refractivity contribution is -0.122. The van der Waals surface area contributed by atoms with Gasteiger partial charge < -0.3 is 9.30 Å². The maximum absolute atomic E-state index is 13.3. The fourth-order valence-electron chi connectivity index (χ4n) is 3.52. The van der Waals surface area contributed by atoms with Gasteiger partial charge in [-0.25, -0.2) is 14.3 Å². The Labute approximate surface area is 198 Å². The number of fused-ring (bicyclic) bond motifs is 1. The van der Waals surface area contributed by atoms with Crippen molar-refractivity contribution in [2.75, 3.05) is 13.7 Å². The van der Waals surface area contributed by atoms with Crippen molar-refractivity contribution in [2.45, 2.75) is 19.6 Å². The van der Waals surface area contributed by atoms with E-state index in [1.165, 1.54) is 36.5 Å². The number of imidazole rings is 1. The fourth-order valence-corrected chi connectivity index (χ4v) is 3.52. The number of amides is 2. The Balaban J connectivity index is 1.66. The van der Waals surface area contributed by atoms with E-state index in [1.54, 1.807) is 10.6 Å². The normalized spacial score (nSPS) is 10.9. The second-order valence-electron chi connectivity index (χ2n) is 7.59. The SMILES string of the molecule is COCCn1cnc2c1c(=O)n(CC(=O)NNC(=O)c1cccnc1)c(=O)n2Cc1ccccc1. The van der Waals surface area contributed by atoms with Gasteiger partial charge in [0, 0.05) is 26.0 Å². The van der Waals surface area contributed by atoms with E-state index < -0.39 is 29.6 Å². The van der Waals surface area contributed by atoms with Crippen LogP contribution in [0, 0.1) is 0 Å². The predicted molar refractivity (Wildman–Crippen MR) is 126 cm³/mol. The first kappa shape index (κ1) is 23.6. The van der Waals surface area contributed by atoms with Crippen LogP contribution >= 0.6 is 0 Å². The van der Waals surface area contributed by atoms with E-state index in [2.05, 4.69) is 20.8 Å². The largest absolute Gasteiger partial charge is 0.383 e. The third kappa shape index (κ3) is 5.17. The number of nitrogens with one attached hydrogen (secondary N) is 2. The van der Waals surface area contributed by atoms with Crippen molar-refractivity contribution in [1.29, 1.82) is 0 Å². The topological polar surface area (TPSA) is 142 Å². The van der Waals surface area contributed by atoms with Gasteiger partial charge in [0.15, 0.2) is 11.2 Å². The molecule has 12 nitrogen and oxygen atoms in total. The average Bonchev–Trinajstić information content (AvgIpc) is 3.31. The predicted octanol–water partition coefficient (Wildman–Crippen LogP) is -0.0894. The molecule has 0 aliphatic rings. The van der Waals surface area contributed by atoms with Gasteiger partial charge in [-0.1, -0.05) is 30.3 Å². The Morgan fingerprint density at radius 2 is 1.83 bits per heavy atom. The Hall–Kier alpha value is -4.58. The molecule has 0 atom stereocenters. The van der Waals surface area contributed by atoms with Crippen molar-refractivity contribution < 1.29 is 14.3 Å². The highest BCUT2D eigenvalue weighted by atomic mass is 16.5. The van der Waals surface area contributed by atoms with E-state index in [0.29, 0.717) is 13.2 Å². The first-order chi connectivity index (χ1) is 17.0. The van der Waals surface area contributed by atoms with Crippen LogP contribution in [0.4, 0.5) is 0 Å². The quantitative estimate of drug-likeness (QED) is 0.338. The van der Waals surface area contributed by atoms with Crippen LogP contribution in [0.2, 0.25) is 0 Å². The highest BCUT2D eigenvalue weighted by Crippen LogP contribution is 2.10. The summed E-state index contributed by atoms with van der Waals surface area (Å²) in [6.45, 7) is 0.199. The summed E-state index contributed by atoms with van der Waals surface area (Å²) in [5.74, 6) is -1.34. The Kier molecular flexibility index (Phi) is 7.12. The number of nitrogens with zero attached hydrogens (tertiary/aromatic N) is 5. The standard InChI is InChI=1S/C23H23N7O5/c1-35-11-10-28-15-25-20-19(28)22(33)30(23(34)29(20)13-16-6-3-2-4-7-16)14-18(31)26-27-21(32)17-8-5-9-24-12-17/h2-9,12,15H,10-11,13-14H2,1H3,(H,26,31)(H,27,32). The molecule has 0 bridgehead atoms. The van der Waals surface area contributed by atoms with Crippen LogP contribution in [0.3, 0.4) is 0 Å². The van der Waals surface area contributed by atoms with Gasteiger partial charge >= 0.3 is 5.69 Å². The summed E-state index contributed by atoms with van der Waals surface area (Å²) in [6.07, 6.45) is 4.31. The number of hydrogen-bond donors (Lipinski definition) is 2. The van der Waals surface area contributed by atoms with E-state index in [0.717, 1.165) is 10.1 Å². The molecule has 4 rings (SSSR count). The zero-order valence-corrected chi connectivity index (χ0v) is 18.9. The lowest BCUT2D eigenvalue weighted by Gasteiger charge is -2.13. The first-order valence-corrected chi connectivity index (χ1v) is 10.7. The van der Waals surface area contributed by atoms with E-state index in [9.17, 15) is 19.2 Å². The second kappa shape index (κ2) is 10.6. The monoisotopic (exact) mass is 477 g/mol. The van der Waals surface area contributed by atoms with E-state index in [-0.39, 0.29) is 23.3 Å². The summed E-state index contributed by atoms with van der Waals surface area (Å²) in [7, 11) is 1.53. The number of aromatic nitrogens is 5. The molecule has 0 saturated heterocycles. The maximum atomic E-state index is 13.3. The molecule has 2 N–H and O–H groups in total. The number of hydrazine groups is 1. The van der Waals surface area contributed by atoms with Crippen molar-refractivity contribution in [3.05, 3.63) is 93.2 Å². The zero-order chi connectivity index (χ0) is 24.8. The molecule has 0 aliphatic heterocycles. The minimum absolute atomic E-state index is 0.150. The summed E-state index contributed by atoms with van der Waals surface area (Å²) in [5, 5.41) is 0. The van der Waals surface area contributed by atoms with Gasteiger partial charge in [0.25, 0.3) is 17.4 Å². The number of carbonyl (C=O) groups excluding carboxylic acids is 2. The number of benzene rings is 1. The molecule has 12 heteroatoms. The van der Waals surface area contributed by atoms with Gasteiger partial charge in [0.1, 0.15) is 6.54 Å². The molecule has 35 heavy (non-hydrogen) atoms. The van der Waals surface area contributed by atoms with Crippen LogP contribution in [-0.4, -0.2) is 49.2 Å². The van der Waals surface area contributed by atoms with Gasteiger partial charge in [-0.3, -0.25) is 34.8 Å². The van der Waals surface area contributed by atoms with Crippen molar-refractivity contribution in [1.82, 2.24) is 34.5 Å². The third-order valence-corrected chi connectivity index (χ3v) is 5.24. The number of methoxy groups -OCH3 is 1. The van der Waals surface area contributed by atoms with Crippen molar-refractivity contribution in [3.63, 3.8) is 0 Å². The molecule has 0 radical (unpaired) electrons. The molecule has 0 spiro atoms. The summed E-state index contributed by atoms with van der Waals surface area (Å²) in [4.78, 5) is 59.4. The molecule has 2 amide bonds. The van der Waals surface area contributed by atoms with Gasteiger partial charge in [-0.05, 0) is 17.7 Å². The molecular weight excluding hydrogens is 454 g/mol. The number of ether oxygens (including phenoxy) is 1. The zero-order valence-electron chi connectivity index (χ0n) is 18.9. The Bertz CT molecular complexity index is 1460. The van der Waals surface area contributed by atoms with Gasteiger partial charge in [-0.2, -0.15) is 0 Å². The molecular formula is C23H23N7O5.